The van der Waals surface area contributed by atoms with E-state index in [1.807, 2.05) is 12.1 Å². The number of aryl methyl sites for hydroxylation is 1. The normalized spacial score (nSPS) is 10.6. The van der Waals surface area contributed by atoms with E-state index in [1.165, 1.54) is 10.6 Å². The fourth-order valence-electron chi connectivity index (χ4n) is 3.05. The average molecular weight is 477 g/mol. The van der Waals surface area contributed by atoms with Crippen LogP contribution in [0.25, 0.3) is 4.83 Å². The first kappa shape index (κ1) is 22.7. The molecule has 0 saturated carbocycles. The SMILES string of the molecule is Cc1c(=O)n(Cc2ccc(Cl)cc2)c(=O)n2cc(C(=O)NCc3ccncc3)sc12.Cl. The lowest BCUT2D eigenvalue weighted by Crippen LogP contribution is -2.38. The van der Waals surface area contributed by atoms with Crippen LogP contribution in [0.15, 0.2) is 64.6 Å². The second kappa shape index (κ2) is 9.47. The van der Waals surface area contributed by atoms with Crippen LogP contribution in [-0.4, -0.2) is 19.9 Å². The largest absolute Gasteiger partial charge is 0.347 e. The van der Waals surface area contributed by atoms with Gasteiger partial charge < -0.3 is 5.32 Å². The van der Waals surface area contributed by atoms with Crippen LogP contribution in [0.5, 0.6) is 0 Å². The van der Waals surface area contributed by atoms with Gasteiger partial charge in [-0.25, -0.2) is 4.79 Å². The van der Waals surface area contributed by atoms with Crippen LogP contribution in [0, 0.1) is 6.92 Å². The summed E-state index contributed by atoms with van der Waals surface area (Å²) >= 11 is 7.02. The highest BCUT2D eigenvalue weighted by atomic mass is 35.5. The zero-order valence-electron chi connectivity index (χ0n) is 16.4. The molecule has 1 aromatic carbocycles. The lowest BCUT2D eigenvalue weighted by atomic mass is 10.2. The lowest BCUT2D eigenvalue weighted by Gasteiger charge is -2.07. The highest BCUT2D eigenvalue weighted by molar-refractivity contribution is 7.19. The summed E-state index contributed by atoms with van der Waals surface area (Å²) in [5.41, 5.74) is 1.25. The van der Waals surface area contributed by atoms with Gasteiger partial charge in [-0.15, -0.1) is 23.7 Å². The number of hydrogen-bond acceptors (Lipinski definition) is 5. The van der Waals surface area contributed by atoms with E-state index in [2.05, 4.69) is 10.3 Å². The number of carbonyl (C=O) groups excluding carboxylic acids is 1. The van der Waals surface area contributed by atoms with Crippen molar-refractivity contribution in [3.63, 3.8) is 0 Å². The second-order valence-corrected chi connectivity index (χ2v) is 8.20. The molecule has 0 unspecified atom stereocenters. The van der Waals surface area contributed by atoms with Crippen molar-refractivity contribution in [3.05, 3.63) is 102 Å². The number of carbonyl (C=O) groups is 1. The first-order valence-electron chi connectivity index (χ1n) is 9.11. The predicted octanol–water partition coefficient (Wildman–Crippen LogP) is 3.28. The van der Waals surface area contributed by atoms with E-state index in [0.29, 0.717) is 26.8 Å². The van der Waals surface area contributed by atoms with Crippen molar-refractivity contribution >= 4 is 46.1 Å². The van der Waals surface area contributed by atoms with Crippen molar-refractivity contribution in [2.45, 2.75) is 20.0 Å². The fourth-order valence-corrected chi connectivity index (χ4v) is 4.18. The molecule has 0 saturated heterocycles. The van der Waals surface area contributed by atoms with Crippen molar-refractivity contribution in [2.24, 2.45) is 0 Å². The molecule has 0 aliphatic carbocycles. The van der Waals surface area contributed by atoms with Crippen molar-refractivity contribution in [2.75, 3.05) is 0 Å². The molecule has 0 spiro atoms. The van der Waals surface area contributed by atoms with Crippen molar-refractivity contribution in [3.8, 4) is 0 Å². The van der Waals surface area contributed by atoms with Crippen LogP contribution < -0.4 is 16.6 Å². The average Bonchev–Trinajstić information content (AvgIpc) is 3.21. The summed E-state index contributed by atoms with van der Waals surface area (Å²) < 4.78 is 2.52. The molecule has 31 heavy (non-hydrogen) atoms. The monoisotopic (exact) mass is 476 g/mol. The van der Waals surface area contributed by atoms with Gasteiger partial charge in [0, 0.05) is 35.7 Å². The number of pyridine rings is 1. The minimum atomic E-state index is -0.486. The lowest BCUT2D eigenvalue weighted by molar-refractivity contribution is 0.0954. The van der Waals surface area contributed by atoms with Crippen LogP contribution in [0.1, 0.15) is 26.4 Å². The zero-order chi connectivity index (χ0) is 21.3. The van der Waals surface area contributed by atoms with Crippen molar-refractivity contribution in [1.29, 1.82) is 0 Å². The van der Waals surface area contributed by atoms with Crippen LogP contribution in [-0.2, 0) is 13.1 Å². The van der Waals surface area contributed by atoms with E-state index < -0.39 is 5.69 Å². The molecule has 160 valence electrons. The van der Waals surface area contributed by atoms with E-state index in [1.54, 1.807) is 43.6 Å². The maximum Gasteiger partial charge on any atom is 0.336 e. The Morgan fingerprint density at radius 2 is 1.77 bits per heavy atom. The summed E-state index contributed by atoms with van der Waals surface area (Å²) in [7, 11) is 0. The van der Waals surface area contributed by atoms with Gasteiger partial charge in [-0.3, -0.25) is 23.5 Å². The topological polar surface area (TPSA) is 85.5 Å². The van der Waals surface area contributed by atoms with E-state index in [4.69, 9.17) is 11.6 Å². The third-order valence-electron chi connectivity index (χ3n) is 4.68. The Morgan fingerprint density at radius 3 is 2.45 bits per heavy atom. The summed E-state index contributed by atoms with van der Waals surface area (Å²) in [4.78, 5) is 43.1. The van der Waals surface area contributed by atoms with E-state index in [0.717, 1.165) is 27.0 Å². The molecule has 0 radical (unpaired) electrons. The number of hydrogen-bond donors (Lipinski definition) is 1. The number of rotatable bonds is 5. The number of nitrogens with one attached hydrogen (secondary N) is 1. The Morgan fingerprint density at radius 1 is 1.10 bits per heavy atom. The van der Waals surface area contributed by atoms with Gasteiger partial charge in [-0.05, 0) is 42.3 Å². The molecule has 10 heteroatoms. The van der Waals surface area contributed by atoms with Gasteiger partial charge in [-0.1, -0.05) is 23.7 Å². The molecule has 1 amide bonds. The molecule has 1 N–H and O–H groups in total. The third kappa shape index (κ3) is 4.71. The molecule has 0 aliphatic rings. The Balaban J connectivity index is 0.00000272. The standard InChI is InChI=1S/C21H17ClN4O3S.ClH/c1-13-19(28)25(11-15-2-4-16(22)5-3-15)21(29)26-12-17(30-20(13)26)18(27)24-10-14-6-8-23-9-7-14;/h2-9,12H,10-11H2,1H3,(H,24,27);1H. The van der Waals surface area contributed by atoms with E-state index in [9.17, 15) is 14.4 Å². The van der Waals surface area contributed by atoms with Gasteiger partial charge in [0.2, 0.25) is 0 Å². The number of halogens is 2. The number of amides is 1. The molecule has 0 aliphatic heterocycles. The molecule has 4 rings (SSSR count). The molecule has 4 aromatic rings. The first-order valence-corrected chi connectivity index (χ1v) is 10.3. The minimum absolute atomic E-state index is 0. The van der Waals surface area contributed by atoms with Crippen LogP contribution in [0.4, 0.5) is 0 Å². The van der Waals surface area contributed by atoms with Crippen LogP contribution >= 0.6 is 35.3 Å². The summed E-state index contributed by atoms with van der Waals surface area (Å²) in [6.45, 7) is 2.12. The Labute approximate surface area is 192 Å². The highest BCUT2D eigenvalue weighted by Crippen LogP contribution is 2.18. The molecular weight excluding hydrogens is 459 g/mol. The Bertz CT molecular complexity index is 1350. The van der Waals surface area contributed by atoms with Gasteiger partial charge in [0.1, 0.15) is 9.71 Å². The summed E-state index contributed by atoms with van der Waals surface area (Å²) in [5, 5.41) is 3.40. The summed E-state index contributed by atoms with van der Waals surface area (Å²) in [6, 6.07) is 10.6. The maximum atomic E-state index is 13.0. The summed E-state index contributed by atoms with van der Waals surface area (Å²) in [6.07, 6.45) is 4.78. The minimum Gasteiger partial charge on any atom is -0.347 e. The molecule has 0 bridgehead atoms. The number of thiazole rings is 1. The Hall–Kier alpha value is -2.94. The molecule has 3 heterocycles. The smallest absolute Gasteiger partial charge is 0.336 e. The number of fused-ring (bicyclic) bond motifs is 1. The quantitative estimate of drug-likeness (QED) is 0.478. The maximum absolute atomic E-state index is 13.0. The Kier molecular flexibility index (Phi) is 6.94. The molecule has 7 nitrogen and oxygen atoms in total. The summed E-state index contributed by atoms with van der Waals surface area (Å²) in [5.74, 6) is -0.309. The van der Waals surface area contributed by atoms with Gasteiger partial charge in [0.05, 0.1) is 6.54 Å². The molecular formula is C21H18Cl2N4O3S. The number of nitrogens with zero attached hydrogens (tertiary/aromatic N) is 3. The van der Waals surface area contributed by atoms with Crippen molar-refractivity contribution in [1.82, 2.24) is 19.3 Å². The zero-order valence-corrected chi connectivity index (χ0v) is 18.8. The molecule has 0 fully saturated rings. The number of benzene rings is 1. The third-order valence-corrected chi connectivity index (χ3v) is 6.13. The van der Waals surface area contributed by atoms with Gasteiger partial charge in [0.25, 0.3) is 11.5 Å². The van der Waals surface area contributed by atoms with E-state index >= 15 is 0 Å². The second-order valence-electron chi connectivity index (χ2n) is 6.73. The predicted molar refractivity (Wildman–Crippen MR) is 124 cm³/mol. The first-order chi connectivity index (χ1) is 14.4. The van der Waals surface area contributed by atoms with Gasteiger partial charge >= 0.3 is 5.69 Å². The molecule has 0 atom stereocenters. The fraction of sp³-hybridized carbons (Fsp3) is 0.143. The number of aromatic nitrogens is 3. The van der Waals surface area contributed by atoms with Crippen LogP contribution in [0.3, 0.4) is 0 Å². The molecule has 3 aromatic heterocycles. The van der Waals surface area contributed by atoms with Gasteiger partial charge in [-0.2, -0.15) is 0 Å². The van der Waals surface area contributed by atoms with Crippen molar-refractivity contribution < 1.29 is 4.79 Å². The van der Waals surface area contributed by atoms with Crippen LogP contribution in [0.2, 0.25) is 5.02 Å². The van der Waals surface area contributed by atoms with Gasteiger partial charge in [0.15, 0.2) is 0 Å². The van der Waals surface area contributed by atoms with E-state index in [-0.39, 0.29) is 30.4 Å². The highest BCUT2D eigenvalue weighted by Gasteiger charge is 2.17.